The van der Waals surface area contributed by atoms with Crippen LogP contribution in [0.4, 0.5) is 0 Å². The number of halogens is 1. The molecule has 0 aromatic rings. The molecule has 0 saturated heterocycles. The van der Waals surface area contributed by atoms with Gasteiger partial charge in [-0.15, -0.1) is 0 Å². The van der Waals surface area contributed by atoms with Gasteiger partial charge in [-0.3, -0.25) is 4.79 Å². The molecule has 0 unspecified atom stereocenters. The van der Waals surface area contributed by atoms with E-state index in [-0.39, 0.29) is 29.9 Å². The Kier molecular flexibility index (Phi) is 9.08. The molecule has 0 aliphatic rings. The number of quaternary nitrogens is 1. The summed E-state index contributed by atoms with van der Waals surface area (Å²) in [6, 6.07) is 0. The predicted octanol–water partition coefficient (Wildman–Crippen LogP) is -1.96. The van der Waals surface area contributed by atoms with Gasteiger partial charge in [0.1, 0.15) is 0 Å². The fourth-order valence-corrected chi connectivity index (χ4v) is 0.785. The van der Waals surface area contributed by atoms with Crippen molar-refractivity contribution in [1.29, 1.82) is 0 Å². The predicted molar refractivity (Wildman–Crippen MR) is 48.8 cm³/mol. The zero-order chi connectivity index (χ0) is 9.61. The summed E-state index contributed by atoms with van der Waals surface area (Å²) in [7, 11) is 4.22. The van der Waals surface area contributed by atoms with Gasteiger partial charge in [0.05, 0.1) is 40.2 Å². The summed E-state index contributed by atoms with van der Waals surface area (Å²) in [5.41, 5.74) is 0. The van der Waals surface area contributed by atoms with Crippen molar-refractivity contribution in [1.82, 2.24) is 0 Å². The second-order valence-corrected chi connectivity index (χ2v) is 3.53. The van der Waals surface area contributed by atoms with Gasteiger partial charge in [-0.1, -0.05) is 0 Å². The highest BCUT2D eigenvalue weighted by Gasteiger charge is 2.14. The minimum atomic E-state index is -0.0860. The molecule has 0 bridgehead atoms. The van der Waals surface area contributed by atoms with Gasteiger partial charge in [0.2, 0.25) is 0 Å². The first-order chi connectivity index (χ1) is 5.52. The smallest absolute Gasteiger partial charge is 0.311 e. The van der Waals surface area contributed by atoms with Crippen LogP contribution in [0.5, 0.6) is 0 Å². The van der Waals surface area contributed by atoms with E-state index in [2.05, 4.69) is 21.0 Å². The van der Waals surface area contributed by atoms with E-state index in [9.17, 15) is 4.79 Å². The number of esters is 1. The Balaban J connectivity index is 0. The molecule has 0 aromatic carbocycles. The molecule has 0 N–H and O–H groups in total. The first-order valence-electron chi connectivity index (χ1n) is 4.49. The fraction of sp³-hybridized carbons (Fsp3) is 0.889. The van der Waals surface area contributed by atoms with Crippen LogP contribution < -0.4 is 24.0 Å². The topological polar surface area (TPSA) is 26.3 Å². The van der Waals surface area contributed by atoms with Gasteiger partial charge in [0.15, 0.2) is 0 Å². The molecule has 0 aliphatic carbocycles. The highest BCUT2D eigenvalue weighted by Crippen LogP contribution is 1.99. The van der Waals surface area contributed by atoms with Gasteiger partial charge < -0.3 is 33.2 Å². The van der Waals surface area contributed by atoms with Crippen molar-refractivity contribution in [2.24, 2.45) is 0 Å². The number of rotatable bonds is 5. The van der Waals surface area contributed by atoms with Crippen LogP contribution in [-0.4, -0.2) is 44.2 Å². The molecule has 0 fully saturated rings. The van der Waals surface area contributed by atoms with Crippen LogP contribution in [0.3, 0.4) is 0 Å². The standard InChI is InChI=1S/C9H20NO2.HI/c1-5-10(3,4)8-7-9(11)12-6-2;/h5-8H2,1-4H3;1H/q+1;/p-1. The van der Waals surface area contributed by atoms with Crippen LogP contribution in [0, 0.1) is 0 Å². The summed E-state index contributed by atoms with van der Waals surface area (Å²) in [5.74, 6) is -0.0860. The van der Waals surface area contributed by atoms with Crippen LogP contribution in [0.2, 0.25) is 0 Å². The maximum atomic E-state index is 11.0. The van der Waals surface area contributed by atoms with E-state index in [1.54, 1.807) is 0 Å². The monoisotopic (exact) mass is 301 g/mol. The minimum absolute atomic E-state index is 0. The number of hydrogen-bond donors (Lipinski definition) is 0. The number of carbonyl (C=O) groups excluding carboxylic acids is 1. The lowest BCUT2D eigenvalue weighted by atomic mass is 10.3. The highest BCUT2D eigenvalue weighted by atomic mass is 127. The molecule has 0 radical (unpaired) electrons. The average Bonchev–Trinajstić information content (AvgIpc) is 2.02. The van der Waals surface area contributed by atoms with Gasteiger partial charge in [-0.05, 0) is 13.8 Å². The molecule has 0 saturated carbocycles. The Morgan fingerprint density at radius 1 is 1.31 bits per heavy atom. The van der Waals surface area contributed by atoms with Crippen LogP contribution >= 0.6 is 0 Å². The summed E-state index contributed by atoms with van der Waals surface area (Å²) in [6.45, 7) is 6.33. The van der Waals surface area contributed by atoms with Gasteiger partial charge in [0.25, 0.3) is 0 Å². The third-order valence-electron chi connectivity index (χ3n) is 2.08. The van der Waals surface area contributed by atoms with E-state index in [0.29, 0.717) is 13.0 Å². The summed E-state index contributed by atoms with van der Waals surface area (Å²) in [5, 5.41) is 0. The molecule has 0 spiro atoms. The lowest BCUT2D eigenvalue weighted by Crippen LogP contribution is -3.00. The molecule has 0 atom stereocenters. The Labute approximate surface area is 98.0 Å². The summed E-state index contributed by atoms with van der Waals surface area (Å²) in [6.07, 6.45) is 0.522. The van der Waals surface area contributed by atoms with Crippen LogP contribution in [0.25, 0.3) is 0 Å². The average molecular weight is 301 g/mol. The van der Waals surface area contributed by atoms with E-state index in [1.807, 2.05) is 6.92 Å². The van der Waals surface area contributed by atoms with E-state index >= 15 is 0 Å². The number of ether oxygens (including phenoxy) is 1. The van der Waals surface area contributed by atoms with E-state index in [0.717, 1.165) is 17.6 Å². The fourth-order valence-electron chi connectivity index (χ4n) is 0.785. The summed E-state index contributed by atoms with van der Waals surface area (Å²) < 4.78 is 5.71. The Morgan fingerprint density at radius 2 is 1.85 bits per heavy atom. The molecule has 3 nitrogen and oxygen atoms in total. The number of carbonyl (C=O) groups is 1. The number of nitrogens with zero attached hydrogens (tertiary/aromatic N) is 1. The van der Waals surface area contributed by atoms with E-state index < -0.39 is 0 Å². The first kappa shape index (κ1) is 15.6. The second kappa shape index (κ2) is 7.55. The van der Waals surface area contributed by atoms with E-state index in [4.69, 9.17) is 4.74 Å². The maximum Gasteiger partial charge on any atom is 0.311 e. The first-order valence-corrected chi connectivity index (χ1v) is 4.49. The van der Waals surface area contributed by atoms with Crippen molar-refractivity contribution in [3.63, 3.8) is 0 Å². The zero-order valence-electron chi connectivity index (χ0n) is 8.97. The molecular formula is C9H20INO2. The molecule has 0 rings (SSSR count). The summed E-state index contributed by atoms with van der Waals surface area (Å²) in [4.78, 5) is 11.0. The van der Waals surface area contributed by atoms with E-state index in [1.165, 1.54) is 0 Å². The highest BCUT2D eigenvalue weighted by molar-refractivity contribution is 5.69. The van der Waals surface area contributed by atoms with Gasteiger partial charge >= 0.3 is 5.97 Å². The third kappa shape index (κ3) is 8.49. The van der Waals surface area contributed by atoms with Crippen molar-refractivity contribution in [3.05, 3.63) is 0 Å². The van der Waals surface area contributed by atoms with Gasteiger partial charge in [0, 0.05) is 0 Å². The normalized spacial score (nSPS) is 10.5. The number of hydrogen-bond acceptors (Lipinski definition) is 2. The van der Waals surface area contributed by atoms with Crippen molar-refractivity contribution in [3.8, 4) is 0 Å². The molecule has 0 amide bonds. The third-order valence-corrected chi connectivity index (χ3v) is 2.08. The Morgan fingerprint density at radius 3 is 2.23 bits per heavy atom. The molecular weight excluding hydrogens is 281 g/mol. The second-order valence-electron chi connectivity index (χ2n) is 3.53. The molecule has 0 aliphatic heterocycles. The van der Waals surface area contributed by atoms with Crippen molar-refractivity contribution in [2.45, 2.75) is 20.3 Å². The molecule has 4 heteroatoms. The lowest BCUT2D eigenvalue weighted by Gasteiger charge is -2.27. The quantitative estimate of drug-likeness (QED) is 0.335. The minimum Gasteiger partial charge on any atom is -1.00 e. The SMILES string of the molecule is CCOC(=O)CC[N+](C)(C)CC.[I-]. The van der Waals surface area contributed by atoms with Crippen molar-refractivity contribution >= 4 is 5.97 Å². The van der Waals surface area contributed by atoms with Gasteiger partial charge in [-0.25, -0.2) is 0 Å². The maximum absolute atomic E-state index is 11.0. The molecule has 0 heterocycles. The van der Waals surface area contributed by atoms with Gasteiger partial charge in [-0.2, -0.15) is 0 Å². The largest absolute Gasteiger partial charge is 1.00 e. The Bertz CT molecular complexity index is 149. The molecule has 80 valence electrons. The van der Waals surface area contributed by atoms with Crippen LogP contribution in [0.15, 0.2) is 0 Å². The van der Waals surface area contributed by atoms with Crippen LogP contribution in [0.1, 0.15) is 20.3 Å². The zero-order valence-corrected chi connectivity index (χ0v) is 11.1. The van der Waals surface area contributed by atoms with Crippen molar-refractivity contribution in [2.75, 3.05) is 33.8 Å². The summed E-state index contributed by atoms with van der Waals surface area (Å²) >= 11 is 0. The molecule has 13 heavy (non-hydrogen) atoms. The Hall–Kier alpha value is 0.160. The van der Waals surface area contributed by atoms with Crippen molar-refractivity contribution < 1.29 is 38.0 Å². The lowest BCUT2D eigenvalue weighted by molar-refractivity contribution is -0.887. The molecule has 0 aromatic heterocycles. The van der Waals surface area contributed by atoms with Crippen LogP contribution in [-0.2, 0) is 9.53 Å².